The van der Waals surface area contributed by atoms with Gasteiger partial charge in [0.1, 0.15) is 0 Å². The first-order chi connectivity index (χ1) is 7.79. The summed E-state index contributed by atoms with van der Waals surface area (Å²) in [7, 11) is 0. The summed E-state index contributed by atoms with van der Waals surface area (Å²) < 4.78 is 5.34. The van der Waals surface area contributed by atoms with E-state index in [2.05, 4.69) is 17.0 Å². The lowest BCUT2D eigenvalue weighted by molar-refractivity contribution is 0.0289. The fourth-order valence-corrected chi connectivity index (χ4v) is 2.31. The minimum absolute atomic E-state index is 0.0418. The lowest BCUT2D eigenvalue weighted by Gasteiger charge is -2.34. The smallest absolute Gasteiger partial charge is 0.0948 e. The highest BCUT2D eigenvalue weighted by Crippen LogP contribution is 2.21. The minimum Gasteiger partial charge on any atom is -0.392 e. The van der Waals surface area contributed by atoms with Crippen molar-refractivity contribution in [1.29, 1.82) is 0 Å². The number of benzene rings is 1. The number of thiocarbonyl (C=S) groups is 1. The topological polar surface area (TPSA) is 38.5 Å². The molecule has 1 atom stereocenters. The molecule has 0 radical (unpaired) electrons. The summed E-state index contributed by atoms with van der Waals surface area (Å²) in [5.41, 5.74) is 7.01. The maximum Gasteiger partial charge on any atom is 0.0948 e. The fraction of sp³-hybridized carbons (Fsp3) is 0.417. The van der Waals surface area contributed by atoms with Gasteiger partial charge in [-0.1, -0.05) is 42.5 Å². The van der Waals surface area contributed by atoms with Crippen LogP contribution in [-0.4, -0.2) is 36.2 Å². The Morgan fingerprint density at radius 1 is 1.25 bits per heavy atom. The maximum atomic E-state index is 5.85. The normalized spacial score (nSPS) is 19.2. The van der Waals surface area contributed by atoms with Crippen LogP contribution in [0, 0.1) is 0 Å². The molecule has 0 bridgehead atoms. The highest BCUT2D eigenvalue weighted by molar-refractivity contribution is 7.80. The number of hydrogen-bond donors (Lipinski definition) is 1. The predicted octanol–water partition coefficient (Wildman–Crippen LogP) is 1.35. The lowest BCUT2D eigenvalue weighted by Crippen LogP contribution is -2.43. The average Bonchev–Trinajstić information content (AvgIpc) is 2.31. The Morgan fingerprint density at radius 2 is 1.88 bits per heavy atom. The Bertz CT molecular complexity index is 349. The van der Waals surface area contributed by atoms with Gasteiger partial charge >= 0.3 is 0 Å². The van der Waals surface area contributed by atoms with E-state index in [-0.39, 0.29) is 6.04 Å². The average molecular weight is 236 g/mol. The van der Waals surface area contributed by atoms with Crippen molar-refractivity contribution < 1.29 is 4.74 Å². The summed E-state index contributed by atoms with van der Waals surface area (Å²) in [6.45, 7) is 3.28. The second-order valence-electron chi connectivity index (χ2n) is 3.86. The molecule has 3 nitrogen and oxygen atoms in total. The van der Waals surface area contributed by atoms with E-state index in [1.807, 2.05) is 18.2 Å². The Hall–Kier alpha value is -0.970. The molecule has 2 rings (SSSR count). The first-order valence-electron chi connectivity index (χ1n) is 5.45. The quantitative estimate of drug-likeness (QED) is 0.804. The molecule has 4 heteroatoms. The molecule has 0 spiro atoms. The van der Waals surface area contributed by atoms with Crippen molar-refractivity contribution in [3.8, 4) is 0 Å². The van der Waals surface area contributed by atoms with Crippen molar-refractivity contribution in [3.05, 3.63) is 35.9 Å². The van der Waals surface area contributed by atoms with Gasteiger partial charge in [0.15, 0.2) is 0 Å². The summed E-state index contributed by atoms with van der Waals surface area (Å²) in [4.78, 5) is 2.81. The molecule has 0 aromatic heterocycles. The van der Waals surface area contributed by atoms with Crippen molar-refractivity contribution >= 4 is 17.2 Å². The number of morpholine rings is 1. The van der Waals surface area contributed by atoms with Gasteiger partial charge in [-0.2, -0.15) is 0 Å². The van der Waals surface area contributed by atoms with Gasteiger partial charge in [-0.15, -0.1) is 0 Å². The van der Waals surface area contributed by atoms with Gasteiger partial charge in [-0.3, -0.25) is 4.90 Å². The van der Waals surface area contributed by atoms with E-state index in [1.165, 1.54) is 0 Å². The van der Waals surface area contributed by atoms with Crippen LogP contribution >= 0.6 is 12.2 Å². The van der Waals surface area contributed by atoms with Crippen molar-refractivity contribution in [3.63, 3.8) is 0 Å². The molecule has 86 valence electrons. The molecule has 1 fully saturated rings. The van der Waals surface area contributed by atoms with E-state index in [9.17, 15) is 0 Å². The van der Waals surface area contributed by atoms with Crippen LogP contribution < -0.4 is 5.73 Å². The molecule has 0 aliphatic carbocycles. The molecule has 1 aliphatic rings. The molecule has 2 N–H and O–H groups in total. The lowest BCUT2D eigenvalue weighted by atomic mass is 10.1. The van der Waals surface area contributed by atoms with Crippen LogP contribution in [0.2, 0.25) is 0 Å². The number of ether oxygens (including phenoxy) is 1. The molecule has 1 saturated heterocycles. The summed E-state index contributed by atoms with van der Waals surface area (Å²) in [6, 6.07) is 10.2. The SMILES string of the molecule is NC(=S)C(c1ccccc1)N1CCOCC1. The van der Waals surface area contributed by atoms with Crippen LogP contribution in [0.25, 0.3) is 0 Å². The number of nitrogens with zero attached hydrogens (tertiary/aromatic N) is 1. The fourth-order valence-electron chi connectivity index (χ4n) is 2.03. The van der Waals surface area contributed by atoms with Gasteiger partial charge in [-0.05, 0) is 5.56 Å². The number of hydrogen-bond acceptors (Lipinski definition) is 3. The standard InChI is InChI=1S/C12H16N2OS/c13-12(16)11(10-4-2-1-3-5-10)14-6-8-15-9-7-14/h1-5,11H,6-9H2,(H2,13,16). The third-order valence-electron chi connectivity index (χ3n) is 2.80. The molecular formula is C12H16N2OS. The predicted molar refractivity (Wildman–Crippen MR) is 68.4 cm³/mol. The van der Waals surface area contributed by atoms with Crippen molar-refractivity contribution in [1.82, 2.24) is 4.90 Å². The highest BCUT2D eigenvalue weighted by Gasteiger charge is 2.24. The Kier molecular flexibility index (Phi) is 3.88. The Labute approximate surface area is 101 Å². The van der Waals surface area contributed by atoms with Crippen LogP contribution in [0.5, 0.6) is 0 Å². The number of rotatable bonds is 3. The van der Waals surface area contributed by atoms with Gasteiger partial charge < -0.3 is 10.5 Å². The zero-order valence-electron chi connectivity index (χ0n) is 9.13. The monoisotopic (exact) mass is 236 g/mol. The second-order valence-corrected chi connectivity index (χ2v) is 4.34. The molecule has 1 heterocycles. The molecule has 1 unspecified atom stereocenters. The Balaban J connectivity index is 2.20. The van der Waals surface area contributed by atoms with E-state index >= 15 is 0 Å². The van der Waals surface area contributed by atoms with Crippen molar-refractivity contribution in [2.45, 2.75) is 6.04 Å². The van der Waals surface area contributed by atoms with Crippen LogP contribution in [-0.2, 0) is 4.74 Å². The summed E-state index contributed by atoms with van der Waals surface area (Å²) in [5, 5.41) is 0. The largest absolute Gasteiger partial charge is 0.392 e. The number of nitrogens with two attached hydrogens (primary N) is 1. The van der Waals surface area contributed by atoms with E-state index in [4.69, 9.17) is 22.7 Å². The van der Waals surface area contributed by atoms with Gasteiger partial charge in [0.05, 0.1) is 24.2 Å². The van der Waals surface area contributed by atoms with Crippen LogP contribution in [0.3, 0.4) is 0 Å². The molecule has 0 amide bonds. The summed E-state index contributed by atoms with van der Waals surface area (Å²) >= 11 is 5.18. The van der Waals surface area contributed by atoms with Crippen molar-refractivity contribution in [2.75, 3.05) is 26.3 Å². The highest BCUT2D eigenvalue weighted by atomic mass is 32.1. The zero-order chi connectivity index (χ0) is 11.4. The zero-order valence-corrected chi connectivity index (χ0v) is 9.95. The maximum absolute atomic E-state index is 5.85. The molecule has 1 aromatic carbocycles. The van der Waals surface area contributed by atoms with Crippen LogP contribution in [0.1, 0.15) is 11.6 Å². The third kappa shape index (κ3) is 2.58. The molecule has 1 aromatic rings. The Morgan fingerprint density at radius 3 is 2.44 bits per heavy atom. The summed E-state index contributed by atoms with van der Waals surface area (Å²) in [5.74, 6) is 0. The summed E-state index contributed by atoms with van der Waals surface area (Å²) in [6.07, 6.45) is 0. The van der Waals surface area contributed by atoms with Gasteiger partial charge in [0.2, 0.25) is 0 Å². The van der Waals surface area contributed by atoms with E-state index in [1.54, 1.807) is 0 Å². The van der Waals surface area contributed by atoms with Gasteiger partial charge in [0.25, 0.3) is 0 Å². The first-order valence-corrected chi connectivity index (χ1v) is 5.86. The molecule has 0 saturated carbocycles. The van der Waals surface area contributed by atoms with Crippen LogP contribution in [0.4, 0.5) is 0 Å². The third-order valence-corrected chi connectivity index (χ3v) is 3.02. The van der Waals surface area contributed by atoms with Crippen LogP contribution in [0.15, 0.2) is 30.3 Å². The van der Waals surface area contributed by atoms with Gasteiger partial charge in [0, 0.05) is 13.1 Å². The minimum atomic E-state index is 0.0418. The van der Waals surface area contributed by atoms with Gasteiger partial charge in [-0.25, -0.2) is 0 Å². The molecule has 16 heavy (non-hydrogen) atoms. The van der Waals surface area contributed by atoms with Crippen molar-refractivity contribution in [2.24, 2.45) is 5.73 Å². The van der Waals surface area contributed by atoms with E-state index in [0.717, 1.165) is 31.9 Å². The van der Waals surface area contributed by atoms with E-state index < -0.39 is 0 Å². The molecular weight excluding hydrogens is 220 g/mol. The first kappa shape index (κ1) is 11.5. The second kappa shape index (κ2) is 5.39. The molecule has 1 aliphatic heterocycles. The van der Waals surface area contributed by atoms with E-state index in [0.29, 0.717) is 4.99 Å².